The molecule has 0 bridgehead atoms. The van der Waals surface area contributed by atoms with Crippen LogP contribution in [-0.4, -0.2) is 37.1 Å². The molecule has 2 unspecified atom stereocenters. The van der Waals surface area contributed by atoms with E-state index in [-0.39, 0.29) is 0 Å². The van der Waals surface area contributed by atoms with Crippen molar-refractivity contribution in [3.05, 3.63) is 0 Å². The zero-order valence-corrected chi connectivity index (χ0v) is 9.84. The molecule has 1 aliphatic carbocycles. The van der Waals surface area contributed by atoms with Gasteiger partial charge >= 0.3 is 0 Å². The lowest BCUT2D eigenvalue weighted by Gasteiger charge is -2.32. The van der Waals surface area contributed by atoms with E-state index in [0.717, 1.165) is 12.1 Å². The fourth-order valence-electron chi connectivity index (χ4n) is 2.50. The van der Waals surface area contributed by atoms with Gasteiger partial charge in [0.2, 0.25) is 0 Å². The van der Waals surface area contributed by atoms with E-state index in [1.807, 2.05) is 0 Å². The molecular formula is C12H24N2. The SMILES string of the molecule is CN1CCCCC1CNC1CC1(C)C. The summed E-state index contributed by atoms with van der Waals surface area (Å²) in [6.07, 6.45) is 5.56. The summed E-state index contributed by atoms with van der Waals surface area (Å²) in [6, 6.07) is 1.58. The normalized spacial score (nSPS) is 37.1. The summed E-state index contributed by atoms with van der Waals surface area (Å²) >= 11 is 0. The van der Waals surface area contributed by atoms with Gasteiger partial charge in [-0.1, -0.05) is 20.3 Å². The van der Waals surface area contributed by atoms with Crippen molar-refractivity contribution in [1.29, 1.82) is 0 Å². The van der Waals surface area contributed by atoms with Crippen molar-refractivity contribution >= 4 is 0 Å². The van der Waals surface area contributed by atoms with Gasteiger partial charge in [-0.05, 0) is 38.3 Å². The highest BCUT2D eigenvalue weighted by atomic mass is 15.2. The van der Waals surface area contributed by atoms with Gasteiger partial charge in [-0.25, -0.2) is 0 Å². The molecule has 0 aromatic heterocycles. The van der Waals surface area contributed by atoms with Crippen LogP contribution >= 0.6 is 0 Å². The topological polar surface area (TPSA) is 15.3 Å². The monoisotopic (exact) mass is 196 g/mol. The molecule has 1 heterocycles. The summed E-state index contributed by atoms with van der Waals surface area (Å²) < 4.78 is 0. The minimum Gasteiger partial charge on any atom is -0.312 e. The second-order valence-electron chi connectivity index (χ2n) is 5.78. The molecule has 14 heavy (non-hydrogen) atoms. The first-order chi connectivity index (χ1) is 6.59. The highest BCUT2D eigenvalue weighted by Gasteiger charge is 2.45. The molecule has 0 radical (unpaired) electrons. The van der Waals surface area contributed by atoms with Gasteiger partial charge in [0, 0.05) is 18.6 Å². The van der Waals surface area contributed by atoms with Crippen molar-refractivity contribution in [3.8, 4) is 0 Å². The summed E-state index contributed by atoms with van der Waals surface area (Å²) in [5.74, 6) is 0. The van der Waals surface area contributed by atoms with Crippen LogP contribution in [0, 0.1) is 5.41 Å². The summed E-state index contributed by atoms with van der Waals surface area (Å²) in [6.45, 7) is 7.20. The fourth-order valence-corrected chi connectivity index (χ4v) is 2.50. The molecule has 2 fully saturated rings. The molecule has 1 saturated carbocycles. The largest absolute Gasteiger partial charge is 0.312 e. The van der Waals surface area contributed by atoms with Gasteiger partial charge in [-0.15, -0.1) is 0 Å². The first kappa shape index (κ1) is 10.4. The van der Waals surface area contributed by atoms with E-state index in [1.54, 1.807) is 0 Å². The summed E-state index contributed by atoms with van der Waals surface area (Å²) in [4.78, 5) is 2.52. The maximum atomic E-state index is 3.71. The minimum atomic E-state index is 0.577. The Hall–Kier alpha value is -0.0800. The number of nitrogens with one attached hydrogen (secondary N) is 1. The predicted octanol–water partition coefficient (Wildman–Crippen LogP) is 1.86. The Morgan fingerprint density at radius 2 is 2.07 bits per heavy atom. The molecule has 1 aliphatic heterocycles. The predicted molar refractivity (Wildman–Crippen MR) is 60.5 cm³/mol. The van der Waals surface area contributed by atoms with Crippen molar-refractivity contribution < 1.29 is 0 Å². The fraction of sp³-hybridized carbons (Fsp3) is 1.00. The van der Waals surface area contributed by atoms with Crippen LogP contribution in [0.15, 0.2) is 0 Å². The van der Waals surface area contributed by atoms with Crippen molar-refractivity contribution in [2.75, 3.05) is 20.1 Å². The molecule has 2 heteroatoms. The van der Waals surface area contributed by atoms with Crippen molar-refractivity contribution in [1.82, 2.24) is 10.2 Å². The van der Waals surface area contributed by atoms with Crippen molar-refractivity contribution in [2.24, 2.45) is 5.41 Å². The lowest BCUT2D eigenvalue weighted by molar-refractivity contribution is 0.180. The van der Waals surface area contributed by atoms with E-state index >= 15 is 0 Å². The van der Waals surface area contributed by atoms with Gasteiger partial charge < -0.3 is 10.2 Å². The zero-order valence-electron chi connectivity index (χ0n) is 9.84. The van der Waals surface area contributed by atoms with Crippen LogP contribution in [0.4, 0.5) is 0 Å². The number of likely N-dealkylation sites (N-methyl/N-ethyl adjacent to an activating group) is 1. The van der Waals surface area contributed by atoms with E-state index in [2.05, 4.69) is 31.1 Å². The van der Waals surface area contributed by atoms with Gasteiger partial charge in [-0.2, -0.15) is 0 Å². The third-order valence-electron chi connectivity index (χ3n) is 4.03. The van der Waals surface area contributed by atoms with Crippen LogP contribution in [0.5, 0.6) is 0 Å². The number of rotatable bonds is 3. The van der Waals surface area contributed by atoms with Crippen LogP contribution < -0.4 is 5.32 Å². The van der Waals surface area contributed by atoms with Gasteiger partial charge in [-0.3, -0.25) is 0 Å². The Morgan fingerprint density at radius 1 is 1.36 bits per heavy atom. The second kappa shape index (κ2) is 3.82. The molecule has 2 nitrogen and oxygen atoms in total. The molecule has 2 aliphatic rings. The average molecular weight is 196 g/mol. The number of nitrogens with zero attached hydrogens (tertiary/aromatic N) is 1. The number of hydrogen-bond acceptors (Lipinski definition) is 2. The van der Waals surface area contributed by atoms with Crippen molar-refractivity contribution in [2.45, 2.75) is 51.6 Å². The Labute approximate surface area is 88.1 Å². The summed E-state index contributed by atoms with van der Waals surface area (Å²) in [5.41, 5.74) is 0.577. The van der Waals surface area contributed by atoms with E-state index in [1.165, 1.54) is 38.8 Å². The Bertz CT molecular complexity index is 200. The standard InChI is InChI=1S/C12H24N2/c1-12(2)8-11(12)13-9-10-6-4-5-7-14(10)3/h10-11,13H,4-9H2,1-3H3. The van der Waals surface area contributed by atoms with E-state index in [0.29, 0.717) is 5.41 Å². The van der Waals surface area contributed by atoms with Gasteiger partial charge in [0.25, 0.3) is 0 Å². The van der Waals surface area contributed by atoms with E-state index in [4.69, 9.17) is 0 Å². The quantitative estimate of drug-likeness (QED) is 0.741. The maximum absolute atomic E-state index is 3.71. The lowest BCUT2D eigenvalue weighted by Crippen LogP contribution is -2.44. The lowest BCUT2D eigenvalue weighted by atomic mass is 10.0. The first-order valence-corrected chi connectivity index (χ1v) is 6.03. The number of piperidine rings is 1. The molecule has 1 N–H and O–H groups in total. The molecule has 2 rings (SSSR count). The molecule has 2 atom stereocenters. The molecule has 1 saturated heterocycles. The van der Waals surface area contributed by atoms with E-state index < -0.39 is 0 Å². The molecule has 0 amide bonds. The smallest absolute Gasteiger partial charge is 0.0217 e. The maximum Gasteiger partial charge on any atom is 0.0217 e. The van der Waals surface area contributed by atoms with Crippen LogP contribution in [0.25, 0.3) is 0 Å². The number of likely N-dealkylation sites (tertiary alicyclic amines) is 1. The third kappa shape index (κ3) is 2.29. The minimum absolute atomic E-state index is 0.577. The molecule has 82 valence electrons. The first-order valence-electron chi connectivity index (χ1n) is 6.03. The Balaban J connectivity index is 1.70. The zero-order chi connectivity index (χ0) is 10.2. The van der Waals surface area contributed by atoms with Crippen LogP contribution in [0.2, 0.25) is 0 Å². The van der Waals surface area contributed by atoms with Crippen LogP contribution in [0.3, 0.4) is 0 Å². The summed E-state index contributed by atoms with van der Waals surface area (Å²) in [5, 5.41) is 3.71. The Kier molecular flexibility index (Phi) is 2.85. The average Bonchev–Trinajstić information content (AvgIpc) is 2.73. The van der Waals surface area contributed by atoms with Crippen LogP contribution in [0.1, 0.15) is 39.5 Å². The van der Waals surface area contributed by atoms with Crippen LogP contribution in [-0.2, 0) is 0 Å². The van der Waals surface area contributed by atoms with Crippen molar-refractivity contribution in [3.63, 3.8) is 0 Å². The van der Waals surface area contributed by atoms with Gasteiger partial charge in [0.15, 0.2) is 0 Å². The third-order valence-corrected chi connectivity index (χ3v) is 4.03. The molecule has 0 aromatic rings. The molecular weight excluding hydrogens is 172 g/mol. The highest BCUT2D eigenvalue weighted by molar-refractivity contribution is 5.01. The molecule has 0 aromatic carbocycles. The second-order valence-corrected chi connectivity index (χ2v) is 5.78. The van der Waals surface area contributed by atoms with E-state index in [9.17, 15) is 0 Å². The van der Waals surface area contributed by atoms with Gasteiger partial charge in [0.05, 0.1) is 0 Å². The summed E-state index contributed by atoms with van der Waals surface area (Å²) in [7, 11) is 2.27. The molecule has 0 spiro atoms. The van der Waals surface area contributed by atoms with Gasteiger partial charge in [0.1, 0.15) is 0 Å². The Morgan fingerprint density at radius 3 is 2.64 bits per heavy atom. The number of hydrogen-bond donors (Lipinski definition) is 1. The highest BCUT2D eigenvalue weighted by Crippen LogP contribution is 2.44.